The van der Waals surface area contributed by atoms with Crippen LogP contribution in [0.15, 0.2) is 22.8 Å². The highest BCUT2D eigenvalue weighted by atomic mass is 16.6. The molecule has 0 aliphatic heterocycles. The molecule has 0 fully saturated rings. The third-order valence-corrected chi connectivity index (χ3v) is 1.70. The van der Waals surface area contributed by atoms with Gasteiger partial charge in [0, 0.05) is 19.1 Å². The van der Waals surface area contributed by atoms with Gasteiger partial charge in [-0.05, 0) is 0 Å². The van der Waals surface area contributed by atoms with E-state index in [1.54, 1.807) is 6.07 Å². The Labute approximate surface area is 78.6 Å². The number of ether oxygens (including phenoxy) is 1. The largest absolute Gasteiger partial charge is 0.463 e. The maximum atomic E-state index is 11.2. The average Bonchev–Trinajstić information content (AvgIpc) is 2.58. The molecule has 5 nitrogen and oxygen atoms in total. The van der Waals surface area contributed by atoms with Crippen LogP contribution in [-0.2, 0) is 9.53 Å². The van der Waals surface area contributed by atoms with Crippen molar-refractivity contribution in [2.45, 2.75) is 6.92 Å². The van der Waals surface area contributed by atoms with Gasteiger partial charge in [0.2, 0.25) is 0 Å². The van der Waals surface area contributed by atoms with Crippen molar-refractivity contribution in [2.24, 2.45) is 0 Å². The van der Waals surface area contributed by atoms with Crippen LogP contribution >= 0.6 is 0 Å². The van der Waals surface area contributed by atoms with Crippen LogP contribution in [-0.4, -0.2) is 16.9 Å². The number of rotatable bonds is 1. The highest BCUT2D eigenvalue weighted by Gasteiger charge is 2.13. The predicted octanol–water partition coefficient (Wildman–Crippen LogP) is 1.46. The topological polar surface area (TPSA) is 72.3 Å². The first kappa shape index (κ1) is 8.55. The molecule has 5 heteroatoms. The maximum Gasteiger partial charge on any atom is 0.362 e. The molecule has 0 bridgehead atoms. The van der Waals surface area contributed by atoms with Crippen LogP contribution in [0.4, 0.5) is 0 Å². The third-order valence-electron chi connectivity index (χ3n) is 1.70. The van der Waals surface area contributed by atoms with Gasteiger partial charge in [-0.25, -0.2) is 4.79 Å². The molecule has 0 amide bonds. The summed E-state index contributed by atoms with van der Waals surface area (Å²) in [6, 6.07) is 3.17. The quantitative estimate of drug-likeness (QED) is 0.549. The van der Waals surface area contributed by atoms with Crippen molar-refractivity contribution in [2.75, 3.05) is 0 Å². The van der Waals surface area contributed by atoms with Gasteiger partial charge in [0.25, 0.3) is 0 Å². The molecule has 2 aromatic heterocycles. The molecule has 0 aliphatic rings. The van der Waals surface area contributed by atoms with Crippen molar-refractivity contribution >= 4 is 23.0 Å². The smallest absolute Gasteiger partial charge is 0.362 e. The Bertz CT molecular complexity index is 465. The van der Waals surface area contributed by atoms with Gasteiger partial charge in [-0.1, -0.05) is 0 Å². The van der Waals surface area contributed by atoms with E-state index in [1.165, 1.54) is 19.3 Å². The van der Waals surface area contributed by atoms with Gasteiger partial charge < -0.3 is 14.1 Å². The fourth-order valence-electron chi connectivity index (χ4n) is 1.14. The van der Waals surface area contributed by atoms with Crippen molar-refractivity contribution < 1.29 is 18.7 Å². The van der Waals surface area contributed by atoms with Gasteiger partial charge >= 0.3 is 11.9 Å². The zero-order valence-corrected chi connectivity index (χ0v) is 7.37. The molecule has 2 rings (SSSR count). The molecular weight excluding hydrogens is 186 g/mol. The maximum absolute atomic E-state index is 11.2. The molecule has 2 aromatic rings. The molecule has 0 aliphatic carbocycles. The Morgan fingerprint density at radius 2 is 2.29 bits per heavy atom. The summed E-state index contributed by atoms with van der Waals surface area (Å²) in [5.41, 5.74) is 1.45. The Kier molecular flexibility index (Phi) is 1.85. The second kappa shape index (κ2) is 3.02. The summed E-state index contributed by atoms with van der Waals surface area (Å²) in [5.74, 6) is -1.34. The second-order valence-corrected chi connectivity index (χ2v) is 2.76. The molecule has 0 unspecified atom stereocenters. The zero-order valence-electron chi connectivity index (χ0n) is 7.37. The lowest BCUT2D eigenvalue weighted by Crippen LogP contribution is -2.09. The molecule has 0 atom stereocenters. The fourth-order valence-corrected chi connectivity index (χ4v) is 1.14. The molecule has 0 radical (unpaired) electrons. The van der Waals surface area contributed by atoms with Gasteiger partial charge in [0.15, 0.2) is 5.58 Å². The summed E-state index contributed by atoms with van der Waals surface area (Å²) < 4.78 is 9.41. The molecule has 0 spiro atoms. The monoisotopic (exact) mass is 193 g/mol. The molecule has 0 aromatic carbocycles. The summed E-state index contributed by atoms with van der Waals surface area (Å²) >= 11 is 0. The molecule has 0 saturated carbocycles. The number of aromatic amines is 1. The number of H-pyrrole nitrogens is 1. The minimum Gasteiger partial charge on any atom is -0.463 e. The number of hydrogen-bond acceptors (Lipinski definition) is 4. The Morgan fingerprint density at radius 3 is 2.93 bits per heavy atom. The van der Waals surface area contributed by atoms with Gasteiger partial charge in [0.1, 0.15) is 5.69 Å². The van der Waals surface area contributed by atoms with Gasteiger partial charge in [-0.3, -0.25) is 4.79 Å². The molecular formula is C9H7NO4. The molecule has 2 heterocycles. The van der Waals surface area contributed by atoms with Crippen molar-refractivity contribution in [3.63, 3.8) is 0 Å². The van der Waals surface area contributed by atoms with Crippen LogP contribution < -0.4 is 0 Å². The first-order valence-corrected chi connectivity index (χ1v) is 3.96. The lowest BCUT2D eigenvalue weighted by molar-refractivity contribution is -0.135. The normalized spacial score (nSPS) is 10.4. The Morgan fingerprint density at radius 1 is 1.50 bits per heavy atom. The van der Waals surface area contributed by atoms with Crippen LogP contribution in [0.5, 0.6) is 0 Å². The van der Waals surface area contributed by atoms with Crippen LogP contribution in [0.25, 0.3) is 11.1 Å². The Balaban J connectivity index is 2.30. The fraction of sp³-hybridized carbons (Fsp3) is 0.111. The zero-order chi connectivity index (χ0) is 10.1. The number of esters is 2. The molecule has 1 N–H and O–H groups in total. The molecule has 14 heavy (non-hydrogen) atoms. The van der Waals surface area contributed by atoms with Crippen LogP contribution in [0.3, 0.4) is 0 Å². The number of fused-ring (bicyclic) bond motifs is 1. The van der Waals surface area contributed by atoms with Crippen molar-refractivity contribution in [1.29, 1.82) is 0 Å². The standard InChI is InChI=1S/C9H7NO4/c1-5(11)14-9(12)7-4-8-6(10-7)2-3-13-8/h2-4,10H,1H3. The van der Waals surface area contributed by atoms with E-state index in [9.17, 15) is 9.59 Å². The molecule has 0 saturated heterocycles. The first-order chi connectivity index (χ1) is 6.66. The van der Waals surface area contributed by atoms with Crippen molar-refractivity contribution in [3.8, 4) is 0 Å². The van der Waals surface area contributed by atoms with E-state index in [0.29, 0.717) is 11.1 Å². The van der Waals surface area contributed by atoms with Gasteiger partial charge in [-0.2, -0.15) is 0 Å². The lowest BCUT2D eigenvalue weighted by Gasteiger charge is -1.94. The number of carbonyl (C=O) groups excluding carboxylic acids is 2. The second-order valence-electron chi connectivity index (χ2n) is 2.76. The number of aromatic nitrogens is 1. The van der Waals surface area contributed by atoms with E-state index >= 15 is 0 Å². The van der Waals surface area contributed by atoms with Crippen molar-refractivity contribution in [1.82, 2.24) is 4.98 Å². The Hall–Kier alpha value is -2.04. The van der Waals surface area contributed by atoms with E-state index in [-0.39, 0.29) is 5.69 Å². The minimum atomic E-state index is -0.705. The first-order valence-electron chi connectivity index (χ1n) is 3.96. The summed E-state index contributed by atoms with van der Waals surface area (Å²) in [5, 5.41) is 0. The minimum absolute atomic E-state index is 0.203. The highest BCUT2D eigenvalue weighted by Crippen LogP contribution is 2.16. The SMILES string of the molecule is CC(=O)OC(=O)c1cc2occc2[nH]1. The van der Waals surface area contributed by atoms with E-state index in [0.717, 1.165) is 0 Å². The summed E-state index contributed by atoms with van der Waals surface area (Å²) in [7, 11) is 0. The van der Waals surface area contributed by atoms with Gasteiger partial charge in [0.05, 0.1) is 11.8 Å². The summed E-state index contributed by atoms with van der Waals surface area (Å²) in [6.07, 6.45) is 1.50. The summed E-state index contributed by atoms with van der Waals surface area (Å²) in [6.45, 7) is 1.17. The van der Waals surface area contributed by atoms with Crippen LogP contribution in [0, 0.1) is 0 Å². The van der Waals surface area contributed by atoms with Gasteiger partial charge in [-0.15, -0.1) is 0 Å². The van der Waals surface area contributed by atoms with Crippen LogP contribution in [0.1, 0.15) is 17.4 Å². The van der Waals surface area contributed by atoms with E-state index in [4.69, 9.17) is 4.42 Å². The third kappa shape index (κ3) is 1.39. The number of nitrogens with one attached hydrogen (secondary N) is 1. The number of furan rings is 1. The van der Waals surface area contributed by atoms with Crippen molar-refractivity contribution in [3.05, 3.63) is 24.1 Å². The van der Waals surface area contributed by atoms with E-state index in [1.807, 2.05) is 0 Å². The highest BCUT2D eigenvalue weighted by molar-refractivity contribution is 5.98. The number of carbonyl (C=O) groups is 2. The lowest BCUT2D eigenvalue weighted by atomic mass is 10.4. The van der Waals surface area contributed by atoms with Crippen LogP contribution in [0.2, 0.25) is 0 Å². The average molecular weight is 193 g/mol. The van der Waals surface area contributed by atoms with E-state index in [2.05, 4.69) is 9.72 Å². The number of hydrogen-bond donors (Lipinski definition) is 1. The van der Waals surface area contributed by atoms with E-state index < -0.39 is 11.9 Å². The summed E-state index contributed by atoms with van der Waals surface area (Å²) in [4.78, 5) is 24.5. The molecule has 72 valence electrons. The predicted molar refractivity (Wildman–Crippen MR) is 46.7 cm³/mol.